The monoisotopic (exact) mass is 549 g/mol. The Labute approximate surface area is 231 Å². The number of aliphatic hydroxyl groups is 1. The highest BCUT2D eigenvalue weighted by atomic mass is 32.2. The Kier molecular flexibility index (Phi) is 9.25. The standard InChI is InChI=1S/C30H35N3O5S/c1-22-18-33(23(2)21-34)39(35,36)30-12-10-24(9-11-26-7-5-6-8-27(26)37-4)17-28(30)38-29(22)20-32(3)19-25-13-15-31-16-14-25/h5-8,10,12-17,22-23,29,34H,18-21H2,1-4H3/t22-,23+,29-/m1/s1. The van der Waals surface area contributed by atoms with Crippen molar-refractivity contribution in [1.82, 2.24) is 14.2 Å². The molecule has 206 valence electrons. The molecular weight excluding hydrogens is 514 g/mol. The smallest absolute Gasteiger partial charge is 0.247 e. The number of para-hydroxylation sites is 1. The number of ether oxygens (including phenoxy) is 2. The molecule has 8 nitrogen and oxygen atoms in total. The largest absolute Gasteiger partial charge is 0.495 e. The zero-order valence-corrected chi connectivity index (χ0v) is 23.6. The second-order valence-corrected chi connectivity index (χ2v) is 11.8. The van der Waals surface area contributed by atoms with Gasteiger partial charge in [0.25, 0.3) is 0 Å². The fourth-order valence-electron chi connectivity index (χ4n) is 4.58. The van der Waals surface area contributed by atoms with E-state index in [0.29, 0.717) is 24.4 Å². The third-order valence-corrected chi connectivity index (χ3v) is 8.83. The number of sulfonamides is 1. The van der Waals surface area contributed by atoms with Crippen LogP contribution >= 0.6 is 0 Å². The topological polar surface area (TPSA) is 92.2 Å². The van der Waals surface area contributed by atoms with E-state index in [9.17, 15) is 13.5 Å². The van der Waals surface area contributed by atoms with Crippen LogP contribution in [0.5, 0.6) is 11.5 Å². The number of nitrogens with zero attached hydrogens (tertiary/aromatic N) is 3. The van der Waals surface area contributed by atoms with Gasteiger partial charge in [0.1, 0.15) is 22.5 Å². The molecule has 0 amide bonds. The van der Waals surface area contributed by atoms with E-state index in [1.807, 2.05) is 50.4 Å². The second-order valence-electron chi connectivity index (χ2n) is 9.90. The molecule has 0 aliphatic carbocycles. The van der Waals surface area contributed by atoms with Gasteiger partial charge in [-0.25, -0.2) is 8.42 Å². The van der Waals surface area contributed by atoms with Gasteiger partial charge in [-0.2, -0.15) is 4.31 Å². The lowest BCUT2D eigenvalue weighted by atomic mass is 10.0. The first-order chi connectivity index (χ1) is 18.7. The highest BCUT2D eigenvalue weighted by molar-refractivity contribution is 7.89. The normalized spacial score (nSPS) is 19.5. The van der Waals surface area contributed by atoms with Gasteiger partial charge in [-0.1, -0.05) is 30.9 Å². The molecule has 2 heterocycles. The summed E-state index contributed by atoms with van der Waals surface area (Å²) in [7, 11) is -0.318. The van der Waals surface area contributed by atoms with E-state index in [1.54, 1.807) is 44.6 Å². The number of fused-ring (bicyclic) bond motifs is 1. The molecule has 0 fully saturated rings. The van der Waals surface area contributed by atoms with Crippen LogP contribution < -0.4 is 9.47 Å². The average molecular weight is 550 g/mol. The molecule has 0 unspecified atom stereocenters. The van der Waals surface area contributed by atoms with Crippen LogP contribution in [0.15, 0.2) is 71.9 Å². The Morgan fingerprint density at radius 2 is 1.92 bits per heavy atom. The fraction of sp³-hybridized carbons (Fsp3) is 0.367. The van der Waals surface area contributed by atoms with Gasteiger partial charge in [0.15, 0.2) is 0 Å². The van der Waals surface area contributed by atoms with Gasteiger partial charge < -0.3 is 14.6 Å². The number of aromatic nitrogens is 1. The number of methoxy groups -OCH3 is 1. The quantitative estimate of drug-likeness (QED) is 0.452. The number of hydrogen-bond acceptors (Lipinski definition) is 7. The summed E-state index contributed by atoms with van der Waals surface area (Å²) in [6, 6.07) is 15.7. The lowest BCUT2D eigenvalue weighted by molar-refractivity contribution is 0.0733. The Morgan fingerprint density at radius 1 is 1.18 bits per heavy atom. The molecule has 0 saturated heterocycles. The molecule has 1 aromatic heterocycles. The minimum Gasteiger partial charge on any atom is -0.495 e. The van der Waals surface area contributed by atoms with Crippen molar-refractivity contribution in [2.24, 2.45) is 5.92 Å². The van der Waals surface area contributed by atoms with Gasteiger partial charge in [0, 0.05) is 49.6 Å². The molecule has 1 N–H and O–H groups in total. The minimum absolute atomic E-state index is 0.0688. The van der Waals surface area contributed by atoms with Gasteiger partial charge in [-0.3, -0.25) is 9.88 Å². The summed E-state index contributed by atoms with van der Waals surface area (Å²) in [6.45, 7) is 4.91. The summed E-state index contributed by atoms with van der Waals surface area (Å²) >= 11 is 0. The molecule has 3 aromatic rings. The predicted molar refractivity (Wildman–Crippen MR) is 150 cm³/mol. The number of pyridine rings is 1. The molecule has 2 aromatic carbocycles. The first-order valence-electron chi connectivity index (χ1n) is 12.9. The van der Waals surface area contributed by atoms with Crippen molar-refractivity contribution >= 4 is 10.0 Å². The Balaban J connectivity index is 1.71. The summed E-state index contributed by atoms with van der Waals surface area (Å²) in [5.41, 5.74) is 2.47. The Hall–Kier alpha value is -3.42. The molecule has 0 radical (unpaired) electrons. The van der Waals surface area contributed by atoms with Crippen LogP contribution in [-0.4, -0.2) is 73.7 Å². The van der Waals surface area contributed by atoms with Crippen molar-refractivity contribution in [2.45, 2.75) is 37.4 Å². The number of rotatable bonds is 7. The van der Waals surface area contributed by atoms with Gasteiger partial charge >= 0.3 is 0 Å². The highest BCUT2D eigenvalue weighted by Gasteiger charge is 2.38. The van der Waals surface area contributed by atoms with Crippen molar-refractivity contribution in [3.63, 3.8) is 0 Å². The zero-order valence-electron chi connectivity index (χ0n) is 22.7. The van der Waals surface area contributed by atoms with E-state index in [-0.39, 0.29) is 35.8 Å². The maximum absolute atomic E-state index is 13.7. The van der Waals surface area contributed by atoms with Crippen LogP contribution in [-0.2, 0) is 16.6 Å². The Bertz CT molecular complexity index is 1440. The fourth-order valence-corrected chi connectivity index (χ4v) is 6.41. The number of hydrogen-bond donors (Lipinski definition) is 1. The van der Waals surface area contributed by atoms with E-state index < -0.39 is 16.1 Å². The van der Waals surface area contributed by atoms with Crippen molar-refractivity contribution < 1.29 is 23.0 Å². The summed E-state index contributed by atoms with van der Waals surface area (Å²) < 4.78 is 40.7. The molecule has 0 bridgehead atoms. The van der Waals surface area contributed by atoms with E-state index in [2.05, 4.69) is 21.7 Å². The summed E-state index contributed by atoms with van der Waals surface area (Å²) in [4.78, 5) is 6.30. The molecule has 3 atom stereocenters. The van der Waals surface area contributed by atoms with Gasteiger partial charge in [-0.05, 0) is 62.0 Å². The predicted octanol–water partition coefficient (Wildman–Crippen LogP) is 3.39. The van der Waals surface area contributed by atoms with Crippen molar-refractivity contribution in [3.05, 3.63) is 83.7 Å². The lowest BCUT2D eigenvalue weighted by Crippen LogP contribution is -2.49. The molecule has 1 aliphatic rings. The molecule has 39 heavy (non-hydrogen) atoms. The minimum atomic E-state index is -3.92. The molecule has 0 spiro atoms. The van der Waals surface area contributed by atoms with Crippen LogP contribution in [0.25, 0.3) is 0 Å². The van der Waals surface area contributed by atoms with Crippen molar-refractivity contribution in [1.29, 1.82) is 0 Å². The van der Waals surface area contributed by atoms with Gasteiger partial charge in [-0.15, -0.1) is 0 Å². The van der Waals surface area contributed by atoms with Crippen LogP contribution in [0.2, 0.25) is 0 Å². The third-order valence-electron chi connectivity index (χ3n) is 6.81. The van der Waals surface area contributed by atoms with Crippen LogP contribution in [0.1, 0.15) is 30.5 Å². The molecule has 1 aliphatic heterocycles. The second kappa shape index (κ2) is 12.6. The average Bonchev–Trinajstić information content (AvgIpc) is 2.94. The SMILES string of the molecule is COc1ccccc1C#Cc1ccc2c(c1)O[C@H](CN(C)Cc1ccncc1)[C@H](C)CN([C@@H](C)CO)S2(=O)=O. The summed E-state index contributed by atoms with van der Waals surface area (Å²) in [5, 5.41) is 9.88. The van der Waals surface area contributed by atoms with E-state index >= 15 is 0 Å². The lowest BCUT2D eigenvalue weighted by Gasteiger charge is -2.37. The van der Waals surface area contributed by atoms with E-state index in [4.69, 9.17) is 9.47 Å². The molecule has 4 rings (SSSR count). The molecular formula is C30H35N3O5S. The van der Waals surface area contributed by atoms with Gasteiger partial charge in [0.2, 0.25) is 10.0 Å². The van der Waals surface area contributed by atoms with Crippen LogP contribution in [0, 0.1) is 17.8 Å². The number of aliphatic hydroxyl groups excluding tert-OH is 1. The molecule has 9 heteroatoms. The maximum atomic E-state index is 13.7. The summed E-state index contributed by atoms with van der Waals surface area (Å²) in [6.07, 6.45) is 3.22. The van der Waals surface area contributed by atoms with E-state index in [0.717, 1.165) is 11.1 Å². The van der Waals surface area contributed by atoms with Crippen molar-refractivity contribution in [3.8, 4) is 23.3 Å². The van der Waals surface area contributed by atoms with E-state index in [1.165, 1.54) is 4.31 Å². The first-order valence-corrected chi connectivity index (χ1v) is 14.3. The van der Waals surface area contributed by atoms with Crippen LogP contribution in [0.3, 0.4) is 0 Å². The maximum Gasteiger partial charge on any atom is 0.247 e. The number of benzene rings is 2. The Morgan fingerprint density at radius 3 is 2.64 bits per heavy atom. The van der Waals surface area contributed by atoms with Gasteiger partial charge in [0.05, 0.1) is 19.3 Å². The molecule has 0 saturated carbocycles. The number of likely N-dealkylation sites (N-methyl/N-ethyl adjacent to an activating group) is 1. The summed E-state index contributed by atoms with van der Waals surface area (Å²) in [5.74, 6) is 7.00. The van der Waals surface area contributed by atoms with Crippen molar-refractivity contribution in [2.75, 3.05) is 33.9 Å². The highest BCUT2D eigenvalue weighted by Crippen LogP contribution is 2.34. The first kappa shape index (κ1) is 28.6. The third kappa shape index (κ3) is 6.78. The van der Waals surface area contributed by atoms with Crippen LogP contribution in [0.4, 0.5) is 0 Å². The zero-order chi connectivity index (χ0) is 28.0.